The Kier molecular flexibility index (Phi) is 3.85. The molecule has 1 saturated carbocycles. The Labute approximate surface area is 155 Å². The van der Waals surface area contributed by atoms with E-state index in [4.69, 9.17) is 4.74 Å². The molecule has 26 heavy (non-hydrogen) atoms. The van der Waals surface area contributed by atoms with Crippen molar-refractivity contribution >= 4 is 15.8 Å². The van der Waals surface area contributed by atoms with Gasteiger partial charge in [0.15, 0.2) is 0 Å². The predicted molar refractivity (Wildman–Crippen MR) is 99.5 cm³/mol. The van der Waals surface area contributed by atoms with Gasteiger partial charge in [-0.1, -0.05) is 0 Å². The molecule has 4 heterocycles. The first kappa shape index (κ1) is 17.0. The van der Waals surface area contributed by atoms with Gasteiger partial charge in [-0.3, -0.25) is 0 Å². The van der Waals surface area contributed by atoms with Gasteiger partial charge >= 0.3 is 0 Å². The second kappa shape index (κ2) is 5.91. The zero-order valence-electron chi connectivity index (χ0n) is 15.2. The van der Waals surface area contributed by atoms with Crippen LogP contribution < -0.4 is 9.62 Å². The van der Waals surface area contributed by atoms with Crippen molar-refractivity contribution in [3.05, 3.63) is 23.9 Å². The molecular weight excluding hydrogens is 350 g/mol. The Bertz CT molecular complexity index is 810. The van der Waals surface area contributed by atoms with Gasteiger partial charge in [0.1, 0.15) is 5.82 Å². The van der Waals surface area contributed by atoms with E-state index in [2.05, 4.69) is 27.6 Å². The van der Waals surface area contributed by atoms with E-state index >= 15 is 0 Å². The molecule has 0 radical (unpaired) electrons. The number of pyridine rings is 1. The summed E-state index contributed by atoms with van der Waals surface area (Å²) in [4.78, 5) is 6.86. The van der Waals surface area contributed by atoms with Gasteiger partial charge in [0, 0.05) is 37.7 Å². The third kappa shape index (κ3) is 2.94. The zero-order valence-corrected chi connectivity index (χ0v) is 16.0. The van der Waals surface area contributed by atoms with Crippen molar-refractivity contribution in [3.63, 3.8) is 0 Å². The molecule has 3 saturated heterocycles. The molecule has 0 aromatic carbocycles. The first-order valence-electron chi connectivity index (χ1n) is 9.77. The highest BCUT2D eigenvalue weighted by atomic mass is 32.2. The fourth-order valence-corrected chi connectivity index (χ4v) is 6.73. The molecule has 1 aliphatic carbocycles. The molecule has 4 aliphatic rings. The summed E-state index contributed by atoms with van der Waals surface area (Å²) in [6.45, 7) is 4.37. The second-order valence-electron chi connectivity index (χ2n) is 8.68. The number of aromatic nitrogens is 1. The molecule has 6 nitrogen and oxygen atoms in total. The number of rotatable bonds is 6. The van der Waals surface area contributed by atoms with E-state index in [1.54, 1.807) is 0 Å². The van der Waals surface area contributed by atoms with Crippen molar-refractivity contribution in [1.29, 1.82) is 0 Å². The van der Waals surface area contributed by atoms with Gasteiger partial charge in [-0.05, 0) is 56.2 Å². The van der Waals surface area contributed by atoms with Crippen LogP contribution in [0.25, 0.3) is 0 Å². The van der Waals surface area contributed by atoms with Crippen LogP contribution in [0.1, 0.15) is 31.2 Å². The number of anilines is 1. The Balaban J connectivity index is 1.30. The summed E-state index contributed by atoms with van der Waals surface area (Å²) in [5.41, 5.74) is 1.10. The highest BCUT2D eigenvalue weighted by Gasteiger charge is 2.63. The van der Waals surface area contributed by atoms with Gasteiger partial charge in [-0.25, -0.2) is 18.1 Å². The topological polar surface area (TPSA) is 71.5 Å². The minimum Gasteiger partial charge on any atom is -0.369 e. The SMILES string of the molecule is Cc1ccnc(N2C[C@@H]3[C@H](CNS(=O)(=O)CC4CC4)[C@H]4CC[C@]3(C2)O4)c1. The Morgan fingerprint density at radius 1 is 1.38 bits per heavy atom. The Morgan fingerprint density at radius 3 is 3.00 bits per heavy atom. The molecule has 5 rings (SSSR count). The molecule has 142 valence electrons. The third-order valence-corrected chi connectivity index (χ3v) is 8.22. The van der Waals surface area contributed by atoms with E-state index in [0.717, 1.165) is 44.6 Å². The Hall–Kier alpha value is -1.18. The maximum absolute atomic E-state index is 12.3. The van der Waals surface area contributed by atoms with Gasteiger partial charge in [0.2, 0.25) is 10.0 Å². The number of hydrogen-bond acceptors (Lipinski definition) is 5. The van der Waals surface area contributed by atoms with Crippen LogP contribution in [0.2, 0.25) is 0 Å². The number of nitrogens with one attached hydrogen (secondary N) is 1. The van der Waals surface area contributed by atoms with Crippen LogP contribution in [0.15, 0.2) is 18.3 Å². The van der Waals surface area contributed by atoms with Gasteiger partial charge < -0.3 is 9.64 Å². The van der Waals surface area contributed by atoms with Gasteiger partial charge in [0.05, 0.1) is 17.5 Å². The number of sulfonamides is 1. The highest BCUT2D eigenvalue weighted by Crippen LogP contribution is 2.55. The van der Waals surface area contributed by atoms with Crippen LogP contribution in [-0.4, -0.2) is 50.5 Å². The largest absolute Gasteiger partial charge is 0.369 e. The van der Waals surface area contributed by atoms with E-state index in [1.165, 1.54) is 5.56 Å². The summed E-state index contributed by atoms with van der Waals surface area (Å²) in [6.07, 6.45) is 6.30. The summed E-state index contributed by atoms with van der Waals surface area (Å²) in [5, 5.41) is 0. The summed E-state index contributed by atoms with van der Waals surface area (Å²) in [7, 11) is -3.16. The second-order valence-corrected chi connectivity index (χ2v) is 10.5. The van der Waals surface area contributed by atoms with Crippen LogP contribution in [0.5, 0.6) is 0 Å². The monoisotopic (exact) mass is 377 g/mol. The van der Waals surface area contributed by atoms with Crippen LogP contribution in [0.3, 0.4) is 0 Å². The molecule has 3 aliphatic heterocycles. The molecule has 0 amide bonds. The van der Waals surface area contributed by atoms with Gasteiger partial charge in [-0.2, -0.15) is 0 Å². The first-order valence-corrected chi connectivity index (χ1v) is 11.4. The molecule has 1 aromatic rings. The number of aryl methyl sites for hydroxylation is 1. The molecule has 4 fully saturated rings. The van der Waals surface area contributed by atoms with E-state index in [0.29, 0.717) is 24.1 Å². The normalized spacial score (nSPS) is 35.9. The number of fused-ring (bicyclic) bond motifs is 1. The molecular formula is C19H27N3O3S. The maximum atomic E-state index is 12.3. The van der Waals surface area contributed by atoms with Crippen molar-refractivity contribution < 1.29 is 13.2 Å². The molecule has 1 spiro atoms. The quantitative estimate of drug-likeness (QED) is 0.817. The Morgan fingerprint density at radius 2 is 2.23 bits per heavy atom. The first-order chi connectivity index (χ1) is 12.4. The lowest BCUT2D eigenvalue weighted by Gasteiger charge is -2.29. The average molecular weight is 378 g/mol. The molecule has 1 N–H and O–H groups in total. The average Bonchev–Trinajstić information content (AvgIpc) is 3.06. The van der Waals surface area contributed by atoms with Gasteiger partial charge in [-0.15, -0.1) is 0 Å². The van der Waals surface area contributed by atoms with Crippen molar-refractivity contribution in [2.45, 2.75) is 44.3 Å². The van der Waals surface area contributed by atoms with E-state index in [9.17, 15) is 8.42 Å². The van der Waals surface area contributed by atoms with Crippen LogP contribution in [0, 0.1) is 24.7 Å². The standard InChI is InChI=1S/C19H27N3O3S/c1-13-5-7-20-18(8-13)22-10-16-15(17-4-6-19(16,12-22)25-17)9-21-26(23,24)11-14-2-3-14/h5,7-8,14-17,21H,2-4,6,9-12H2,1H3/t15-,16+,17+,19+/m0/s1. The molecule has 1 aromatic heterocycles. The lowest BCUT2D eigenvalue weighted by Crippen LogP contribution is -2.42. The lowest BCUT2D eigenvalue weighted by molar-refractivity contribution is 0.0142. The third-order valence-electron chi connectivity index (χ3n) is 6.70. The molecule has 2 bridgehead atoms. The number of ether oxygens (including phenoxy) is 1. The summed E-state index contributed by atoms with van der Waals surface area (Å²) >= 11 is 0. The smallest absolute Gasteiger partial charge is 0.211 e. The minimum absolute atomic E-state index is 0.108. The van der Waals surface area contributed by atoms with Crippen molar-refractivity contribution in [3.8, 4) is 0 Å². The molecule has 4 atom stereocenters. The van der Waals surface area contributed by atoms with Crippen LogP contribution >= 0.6 is 0 Å². The zero-order chi connectivity index (χ0) is 17.9. The summed E-state index contributed by atoms with van der Waals surface area (Å²) < 4.78 is 33.9. The van der Waals surface area contributed by atoms with Gasteiger partial charge in [0.25, 0.3) is 0 Å². The molecule has 0 unspecified atom stereocenters. The van der Waals surface area contributed by atoms with E-state index in [1.807, 2.05) is 12.3 Å². The maximum Gasteiger partial charge on any atom is 0.211 e. The van der Waals surface area contributed by atoms with E-state index < -0.39 is 10.0 Å². The van der Waals surface area contributed by atoms with Crippen molar-refractivity contribution in [2.24, 2.45) is 17.8 Å². The summed E-state index contributed by atoms with van der Waals surface area (Å²) in [5.74, 6) is 2.33. The number of hydrogen-bond donors (Lipinski definition) is 1. The van der Waals surface area contributed by atoms with Crippen LogP contribution in [0.4, 0.5) is 5.82 Å². The predicted octanol–water partition coefficient (Wildman–Crippen LogP) is 1.70. The molecule has 7 heteroatoms. The van der Waals surface area contributed by atoms with Crippen molar-refractivity contribution in [2.75, 3.05) is 30.3 Å². The van der Waals surface area contributed by atoms with Crippen LogP contribution in [-0.2, 0) is 14.8 Å². The fourth-order valence-electron chi connectivity index (χ4n) is 5.21. The van der Waals surface area contributed by atoms with Crippen molar-refractivity contribution in [1.82, 2.24) is 9.71 Å². The van der Waals surface area contributed by atoms with E-state index in [-0.39, 0.29) is 17.6 Å². The minimum atomic E-state index is -3.16. The number of nitrogens with zero attached hydrogens (tertiary/aromatic N) is 2. The lowest BCUT2D eigenvalue weighted by atomic mass is 9.74. The highest BCUT2D eigenvalue weighted by molar-refractivity contribution is 7.89. The summed E-state index contributed by atoms with van der Waals surface area (Å²) in [6, 6.07) is 4.13. The fraction of sp³-hybridized carbons (Fsp3) is 0.737.